The van der Waals surface area contributed by atoms with E-state index in [1.165, 1.54) is 53.8 Å². The van der Waals surface area contributed by atoms with Gasteiger partial charge in [0, 0.05) is 43.7 Å². The average Bonchev–Trinajstić information content (AvgIpc) is 3.75. The highest BCUT2D eigenvalue weighted by atomic mass is 32.1. The second-order valence-electron chi connectivity index (χ2n) is 12.2. The van der Waals surface area contributed by atoms with Crippen LogP contribution < -0.4 is 0 Å². The Labute approximate surface area is 281 Å². The van der Waals surface area contributed by atoms with Gasteiger partial charge < -0.3 is 4.57 Å². The Morgan fingerprint density at radius 2 is 1.04 bits per heavy atom. The molecular weight excluding hydrogens is 603 g/mol. The first-order chi connectivity index (χ1) is 23.8. The summed E-state index contributed by atoms with van der Waals surface area (Å²) < 4.78 is 3.62. The van der Waals surface area contributed by atoms with Gasteiger partial charge in [0.2, 0.25) is 0 Å². The summed E-state index contributed by atoms with van der Waals surface area (Å²) in [7, 11) is 0. The molecule has 0 aliphatic heterocycles. The van der Waals surface area contributed by atoms with Crippen molar-refractivity contribution in [3.8, 4) is 38.6 Å². The van der Waals surface area contributed by atoms with Crippen LogP contribution in [0.25, 0.3) is 92.3 Å². The minimum Gasteiger partial charge on any atom is -0.309 e. The SMILES string of the molecule is c1ccc(-c2nc3ccccc3c3c2ccc2c3c3ccccc3n2-c2ccc(-c3ccc(-c4nc5ccccc5s4)cc3)cc2)cc1. The Morgan fingerprint density at radius 1 is 0.396 bits per heavy atom. The van der Waals surface area contributed by atoms with Gasteiger partial charge in [-0.25, -0.2) is 9.97 Å². The van der Waals surface area contributed by atoms with Crippen molar-refractivity contribution in [2.24, 2.45) is 0 Å². The minimum absolute atomic E-state index is 1.01. The van der Waals surface area contributed by atoms with Crippen molar-refractivity contribution in [3.63, 3.8) is 0 Å². The molecule has 0 saturated carbocycles. The summed E-state index contributed by atoms with van der Waals surface area (Å²) in [5.41, 5.74) is 11.2. The highest BCUT2D eigenvalue weighted by Crippen LogP contribution is 2.42. The lowest BCUT2D eigenvalue weighted by molar-refractivity contribution is 1.18. The summed E-state index contributed by atoms with van der Waals surface area (Å²) in [6.07, 6.45) is 0. The lowest BCUT2D eigenvalue weighted by atomic mass is 9.96. The van der Waals surface area contributed by atoms with E-state index in [0.717, 1.165) is 38.5 Å². The van der Waals surface area contributed by atoms with Gasteiger partial charge in [0.25, 0.3) is 0 Å². The third kappa shape index (κ3) is 4.20. The molecule has 7 aromatic carbocycles. The first-order valence-electron chi connectivity index (χ1n) is 16.2. The second-order valence-corrected chi connectivity index (χ2v) is 13.2. The van der Waals surface area contributed by atoms with E-state index in [4.69, 9.17) is 9.97 Å². The number of thiazole rings is 1. The maximum atomic E-state index is 5.19. The van der Waals surface area contributed by atoms with Crippen LogP contribution in [0.2, 0.25) is 0 Å². The smallest absolute Gasteiger partial charge is 0.124 e. The molecule has 10 rings (SSSR count). The Balaban J connectivity index is 1.12. The topological polar surface area (TPSA) is 30.7 Å². The summed E-state index contributed by atoms with van der Waals surface area (Å²) in [6.45, 7) is 0. The molecule has 3 heterocycles. The average molecular weight is 630 g/mol. The highest BCUT2D eigenvalue weighted by Gasteiger charge is 2.19. The van der Waals surface area contributed by atoms with Crippen molar-refractivity contribution in [2.45, 2.75) is 0 Å². The summed E-state index contributed by atoms with van der Waals surface area (Å²) in [5, 5.41) is 7.13. The zero-order chi connectivity index (χ0) is 31.6. The third-order valence-corrected chi connectivity index (χ3v) is 10.5. The van der Waals surface area contributed by atoms with Crippen LogP contribution in [0, 0.1) is 0 Å². The molecule has 224 valence electrons. The first kappa shape index (κ1) is 27.1. The Kier molecular flexibility index (Phi) is 6.05. The van der Waals surface area contributed by atoms with Gasteiger partial charge in [-0.3, -0.25) is 0 Å². The highest BCUT2D eigenvalue weighted by molar-refractivity contribution is 7.21. The zero-order valence-electron chi connectivity index (χ0n) is 25.8. The fraction of sp³-hybridized carbons (Fsp3) is 0. The van der Waals surface area contributed by atoms with E-state index in [1.54, 1.807) is 11.3 Å². The van der Waals surface area contributed by atoms with Crippen LogP contribution in [0.3, 0.4) is 0 Å². The number of rotatable bonds is 4. The van der Waals surface area contributed by atoms with Crippen LogP contribution in [-0.2, 0) is 0 Å². The summed E-state index contributed by atoms with van der Waals surface area (Å²) >= 11 is 1.74. The molecule has 3 aromatic heterocycles. The molecular formula is C44H27N3S. The van der Waals surface area contributed by atoms with Crippen molar-refractivity contribution >= 4 is 65.0 Å². The largest absolute Gasteiger partial charge is 0.309 e. The van der Waals surface area contributed by atoms with Gasteiger partial charge in [-0.15, -0.1) is 11.3 Å². The number of hydrogen-bond donors (Lipinski definition) is 0. The second kappa shape index (κ2) is 10.7. The van der Waals surface area contributed by atoms with Crippen LogP contribution in [0.15, 0.2) is 164 Å². The summed E-state index contributed by atoms with van der Waals surface area (Å²) in [6, 6.07) is 58.4. The Morgan fingerprint density at radius 3 is 1.83 bits per heavy atom. The van der Waals surface area contributed by atoms with E-state index < -0.39 is 0 Å². The van der Waals surface area contributed by atoms with Crippen LogP contribution in [-0.4, -0.2) is 14.5 Å². The van der Waals surface area contributed by atoms with Crippen LogP contribution in [0.1, 0.15) is 0 Å². The molecule has 0 aliphatic rings. The Hall–Kier alpha value is -6.10. The van der Waals surface area contributed by atoms with Crippen LogP contribution >= 0.6 is 11.3 Å². The molecule has 10 aromatic rings. The molecule has 0 bridgehead atoms. The number of benzene rings is 7. The van der Waals surface area contributed by atoms with E-state index >= 15 is 0 Å². The summed E-state index contributed by atoms with van der Waals surface area (Å²) in [4.78, 5) is 10.0. The number of aromatic nitrogens is 3. The fourth-order valence-electron chi connectivity index (χ4n) is 7.20. The van der Waals surface area contributed by atoms with Gasteiger partial charge in [-0.05, 0) is 53.6 Å². The Bertz CT molecular complexity index is 2780. The monoisotopic (exact) mass is 629 g/mol. The maximum absolute atomic E-state index is 5.19. The van der Waals surface area contributed by atoms with Gasteiger partial charge in [0.15, 0.2) is 0 Å². The number of pyridine rings is 1. The third-order valence-electron chi connectivity index (χ3n) is 9.43. The van der Waals surface area contributed by atoms with Crippen molar-refractivity contribution in [1.82, 2.24) is 14.5 Å². The standard InChI is InChI=1S/C44H27N3S/c1-2-10-30(11-3-1)43-35-26-27-39-42(41(35)33-12-4-6-14-36(33)45-43)34-13-5-8-16-38(34)47(39)32-24-22-29(23-25-32)28-18-20-31(21-19-28)44-46-37-15-7-9-17-40(37)48-44/h1-27H. The van der Waals surface area contributed by atoms with Crippen molar-refractivity contribution in [1.29, 1.82) is 0 Å². The molecule has 0 unspecified atom stereocenters. The maximum Gasteiger partial charge on any atom is 0.124 e. The number of fused-ring (bicyclic) bond motifs is 8. The van der Waals surface area contributed by atoms with Gasteiger partial charge in [0.05, 0.1) is 32.5 Å². The van der Waals surface area contributed by atoms with Crippen LogP contribution in [0.5, 0.6) is 0 Å². The molecule has 3 nitrogen and oxygen atoms in total. The molecule has 0 saturated heterocycles. The zero-order valence-corrected chi connectivity index (χ0v) is 26.7. The van der Waals surface area contributed by atoms with Crippen LogP contribution in [0.4, 0.5) is 0 Å². The summed E-state index contributed by atoms with van der Waals surface area (Å²) in [5.74, 6) is 0. The van der Waals surface area contributed by atoms with E-state index in [2.05, 4.69) is 162 Å². The number of nitrogens with zero attached hydrogens (tertiary/aromatic N) is 3. The molecule has 0 radical (unpaired) electrons. The number of para-hydroxylation sites is 3. The quantitative estimate of drug-likeness (QED) is 0.181. The van der Waals surface area contributed by atoms with Gasteiger partial charge in [-0.2, -0.15) is 0 Å². The lowest BCUT2D eigenvalue weighted by Crippen LogP contribution is -1.94. The predicted molar refractivity (Wildman–Crippen MR) is 203 cm³/mol. The molecule has 4 heteroatoms. The normalized spacial score (nSPS) is 11.8. The molecule has 0 amide bonds. The van der Waals surface area contributed by atoms with E-state index in [0.29, 0.717) is 0 Å². The fourth-order valence-corrected chi connectivity index (χ4v) is 8.17. The van der Waals surface area contributed by atoms with E-state index in [9.17, 15) is 0 Å². The van der Waals surface area contributed by atoms with Crippen molar-refractivity contribution in [2.75, 3.05) is 0 Å². The molecule has 0 fully saturated rings. The first-order valence-corrected chi connectivity index (χ1v) is 17.0. The van der Waals surface area contributed by atoms with Gasteiger partial charge in [0.1, 0.15) is 5.01 Å². The van der Waals surface area contributed by atoms with Crippen molar-refractivity contribution < 1.29 is 0 Å². The van der Waals surface area contributed by atoms with Gasteiger partial charge >= 0.3 is 0 Å². The minimum atomic E-state index is 1.01. The molecule has 0 atom stereocenters. The molecule has 0 spiro atoms. The van der Waals surface area contributed by atoms with E-state index in [1.807, 2.05) is 6.07 Å². The van der Waals surface area contributed by atoms with E-state index in [-0.39, 0.29) is 0 Å². The van der Waals surface area contributed by atoms with Gasteiger partial charge in [-0.1, -0.05) is 121 Å². The number of hydrogen-bond acceptors (Lipinski definition) is 3. The lowest BCUT2D eigenvalue weighted by Gasteiger charge is -2.13. The predicted octanol–water partition coefficient (Wildman–Crippen LogP) is 12.1. The molecule has 48 heavy (non-hydrogen) atoms. The molecule has 0 N–H and O–H groups in total. The molecule has 0 aliphatic carbocycles. The van der Waals surface area contributed by atoms with Crippen molar-refractivity contribution in [3.05, 3.63) is 164 Å².